The minimum atomic E-state index is -0.122. The van der Waals surface area contributed by atoms with Gasteiger partial charge in [-0.2, -0.15) is 0 Å². The van der Waals surface area contributed by atoms with Crippen LogP contribution in [0.15, 0.2) is 85.1 Å². The molecule has 4 heteroatoms. The molecule has 130 valence electrons. The molecule has 1 heterocycles. The fourth-order valence-electron chi connectivity index (χ4n) is 2.52. The van der Waals surface area contributed by atoms with Gasteiger partial charge in [0.15, 0.2) is 0 Å². The van der Waals surface area contributed by atoms with Crippen molar-refractivity contribution in [2.45, 2.75) is 6.54 Å². The Hall–Kier alpha value is -3.40. The summed E-state index contributed by atoms with van der Waals surface area (Å²) in [7, 11) is 1.63. The molecule has 0 radical (unpaired) electrons. The Morgan fingerprint density at radius 2 is 1.73 bits per heavy atom. The van der Waals surface area contributed by atoms with Gasteiger partial charge in [0.1, 0.15) is 11.6 Å². The van der Waals surface area contributed by atoms with Crippen LogP contribution >= 0.6 is 0 Å². The van der Waals surface area contributed by atoms with Gasteiger partial charge in [0, 0.05) is 12.3 Å². The Morgan fingerprint density at radius 1 is 1.00 bits per heavy atom. The molecule has 0 atom stereocenters. The van der Waals surface area contributed by atoms with Crippen molar-refractivity contribution >= 4 is 17.8 Å². The van der Waals surface area contributed by atoms with Crippen LogP contribution < -0.4 is 9.64 Å². The Balaban J connectivity index is 1.81. The second kappa shape index (κ2) is 8.62. The molecular formula is C22H20N2O2. The third kappa shape index (κ3) is 4.57. The molecular weight excluding hydrogens is 324 g/mol. The van der Waals surface area contributed by atoms with Gasteiger partial charge >= 0.3 is 0 Å². The van der Waals surface area contributed by atoms with Crippen LogP contribution in [0.1, 0.15) is 11.1 Å². The van der Waals surface area contributed by atoms with E-state index in [2.05, 4.69) is 4.98 Å². The lowest BCUT2D eigenvalue weighted by molar-refractivity contribution is -0.114. The maximum Gasteiger partial charge on any atom is 0.252 e. The van der Waals surface area contributed by atoms with Crippen molar-refractivity contribution in [2.75, 3.05) is 12.0 Å². The third-order valence-electron chi connectivity index (χ3n) is 3.91. The fourth-order valence-corrected chi connectivity index (χ4v) is 2.52. The highest BCUT2D eigenvalue weighted by Gasteiger charge is 2.14. The van der Waals surface area contributed by atoms with Gasteiger partial charge in [-0.15, -0.1) is 0 Å². The number of ether oxygens (including phenoxy) is 1. The van der Waals surface area contributed by atoms with E-state index in [0.717, 1.165) is 16.9 Å². The molecule has 0 bridgehead atoms. The molecule has 3 aromatic rings. The SMILES string of the molecule is COc1ccc(C=CC(=O)N(Cc2ccccc2)c2ccccn2)cc1. The molecule has 0 aliphatic rings. The molecule has 0 saturated carbocycles. The molecule has 2 aromatic carbocycles. The van der Waals surface area contributed by atoms with Crippen LogP contribution in [0.4, 0.5) is 5.82 Å². The van der Waals surface area contributed by atoms with Crippen molar-refractivity contribution in [3.05, 3.63) is 96.2 Å². The van der Waals surface area contributed by atoms with Crippen molar-refractivity contribution in [3.63, 3.8) is 0 Å². The molecule has 4 nitrogen and oxygen atoms in total. The van der Waals surface area contributed by atoms with E-state index in [-0.39, 0.29) is 5.91 Å². The summed E-state index contributed by atoms with van der Waals surface area (Å²) in [5.74, 6) is 1.29. The summed E-state index contributed by atoms with van der Waals surface area (Å²) >= 11 is 0. The highest BCUT2D eigenvalue weighted by atomic mass is 16.5. The van der Waals surface area contributed by atoms with E-state index < -0.39 is 0 Å². The molecule has 3 rings (SSSR count). The van der Waals surface area contributed by atoms with Crippen LogP contribution in [-0.4, -0.2) is 18.0 Å². The number of carbonyl (C=O) groups excluding carboxylic acids is 1. The van der Waals surface area contributed by atoms with Gasteiger partial charge < -0.3 is 4.74 Å². The van der Waals surface area contributed by atoms with Crippen LogP contribution in [0.3, 0.4) is 0 Å². The average Bonchev–Trinajstić information content (AvgIpc) is 2.72. The van der Waals surface area contributed by atoms with Gasteiger partial charge in [0.2, 0.25) is 0 Å². The largest absolute Gasteiger partial charge is 0.497 e. The second-order valence-corrected chi connectivity index (χ2v) is 5.70. The summed E-state index contributed by atoms with van der Waals surface area (Å²) in [6, 6.07) is 23.0. The number of rotatable bonds is 6. The van der Waals surface area contributed by atoms with Gasteiger partial charge in [0.25, 0.3) is 5.91 Å². The summed E-state index contributed by atoms with van der Waals surface area (Å²) < 4.78 is 5.15. The van der Waals surface area contributed by atoms with E-state index in [1.807, 2.05) is 72.8 Å². The van der Waals surface area contributed by atoms with E-state index in [9.17, 15) is 4.79 Å². The number of hydrogen-bond acceptors (Lipinski definition) is 3. The van der Waals surface area contributed by atoms with Crippen LogP contribution in [0.2, 0.25) is 0 Å². The zero-order chi connectivity index (χ0) is 18.2. The fraction of sp³-hybridized carbons (Fsp3) is 0.0909. The van der Waals surface area contributed by atoms with Gasteiger partial charge in [-0.25, -0.2) is 4.98 Å². The first-order valence-corrected chi connectivity index (χ1v) is 8.35. The number of nitrogens with zero attached hydrogens (tertiary/aromatic N) is 2. The van der Waals surface area contributed by atoms with Crippen molar-refractivity contribution in [1.29, 1.82) is 0 Å². The molecule has 0 unspecified atom stereocenters. The van der Waals surface area contributed by atoms with E-state index in [1.165, 1.54) is 0 Å². The quantitative estimate of drug-likeness (QED) is 0.625. The molecule has 1 amide bonds. The Morgan fingerprint density at radius 3 is 2.38 bits per heavy atom. The zero-order valence-corrected chi connectivity index (χ0v) is 14.6. The first-order valence-electron chi connectivity index (χ1n) is 8.35. The number of pyridine rings is 1. The first kappa shape index (κ1) is 17.4. The number of carbonyl (C=O) groups is 1. The molecule has 0 N–H and O–H groups in total. The number of hydrogen-bond donors (Lipinski definition) is 0. The minimum Gasteiger partial charge on any atom is -0.497 e. The maximum absolute atomic E-state index is 12.8. The van der Waals surface area contributed by atoms with Crippen LogP contribution in [0, 0.1) is 0 Å². The number of aromatic nitrogens is 1. The predicted octanol–water partition coefficient (Wildman–Crippen LogP) is 4.34. The monoisotopic (exact) mass is 344 g/mol. The van der Waals surface area contributed by atoms with Crippen LogP contribution in [0.5, 0.6) is 5.75 Å². The van der Waals surface area contributed by atoms with Crippen LogP contribution in [0.25, 0.3) is 6.08 Å². The lowest BCUT2D eigenvalue weighted by Crippen LogP contribution is -2.29. The normalized spacial score (nSPS) is 10.7. The molecule has 1 aromatic heterocycles. The molecule has 26 heavy (non-hydrogen) atoms. The van der Waals surface area contributed by atoms with E-state index >= 15 is 0 Å². The molecule has 0 spiro atoms. The van der Waals surface area contributed by atoms with Gasteiger partial charge in [-0.1, -0.05) is 48.5 Å². The van der Waals surface area contributed by atoms with E-state index in [4.69, 9.17) is 4.74 Å². The highest BCUT2D eigenvalue weighted by Crippen LogP contribution is 2.16. The second-order valence-electron chi connectivity index (χ2n) is 5.70. The Labute approximate surface area is 153 Å². The third-order valence-corrected chi connectivity index (χ3v) is 3.91. The standard InChI is InChI=1S/C22H20N2O2/c1-26-20-13-10-18(11-14-20)12-15-22(25)24(21-9-5-6-16-23-21)17-19-7-3-2-4-8-19/h2-16H,17H2,1H3. The smallest absolute Gasteiger partial charge is 0.252 e. The minimum absolute atomic E-state index is 0.122. The van der Waals surface area contributed by atoms with Crippen LogP contribution in [-0.2, 0) is 11.3 Å². The predicted molar refractivity (Wildman–Crippen MR) is 104 cm³/mol. The topological polar surface area (TPSA) is 42.4 Å². The molecule has 0 fully saturated rings. The summed E-state index contributed by atoms with van der Waals surface area (Å²) in [6.07, 6.45) is 5.05. The summed E-state index contributed by atoms with van der Waals surface area (Å²) in [5, 5.41) is 0. The van der Waals surface area contributed by atoms with E-state index in [1.54, 1.807) is 30.4 Å². The summed E-state index contributed by atoms with van der Waals surface area (Å²) in [6.45, 7) is 0.462. The number of benzene rings is 2. The molecule has 0 aliphatic carbocycles. The average molecular weight is 344 g/mol. The Kier molecular flexibility index (Phi) is 5.78. The van der Waals surface area contributed by atoms with Gasteiger partial charge in [-0.3, -0.25) is 9.69 Å². The number of amides is 1. The number of methoxy groups -OCH3 is 1. The van der Waals surface area contributed by atoms with Crippen molar-refractivity contribution in [1.82, 2.24) is 4.98 Å². The highest BCUT2D eigenvalue weighted by molar-refractivity contribution is 6.03. The lowest BCUT2D eigenvalue weighted by Gasteiger charge is -2.20. The zero-order valence-electron chi connectivity index (χ0n) is 14.6. The summed E-state index contributed by atoms with van der Waals surface area (Å²) in [4.78, 5) is 18.8. The van der Waals surface area contributed by atoms with Crippen molar-refractivity contribution in [3.8, 4) is 5.75 Å². The Bertz CT molecular complexity index is 860. The van der Waals surface area contributed by atoms with Crippen molar-refractivity contribution in [2.24, 2.45) is 0 Å². The van der Waals surface area contributed by atoms with Gasteiger partial charge in [-0.05, 0) is 41.5 Å². The molecule has 0 saturated heterocycles. The molecule has 0 aliphatic heterocycles. The first-order chi connectivity index (χ1) is 12.8. The van der Waals surface area contributed by atoms with E-state index in [0.29, 0.717) is 12.4 Å². The maximum atomic E-state index is 12.8. The summed E-state index contributed by atoms with van der Waals surface area (Å²) in [5.41, 5.74) is 1.98. The number of anilines is 1. The van der Waals surface area contributed by atoms with Gasteiger partial charge in [0.05, 0.1) is 13.7 Å². The lowest BCUT2D eigenvalue weighted by atomic mass is 10.2. The van der Waals surface area contributed by atoms with Crippen molar-refractivity contribution < 1.29 is 9.53 Å².